The lowest BCUT2D eigenvalue weighted by atomic mass is 9.94. The Balaban J connectivity index is 1.59. The Hall–Kier alpha value is -14.5. The van der Waals surface area contributed by atoms with Gasteiger partial charge in [0, 0.05) is 5.56 Å². The van der Waals surface area contributed by atoms with Crippen LogP contribution in [0.3, 0.4) is 0 Å². The summed E-state index contributed by atoms with van der Waals surface area (Å²) in [5.41, 5.74) is -9.96. The van der Waals surface area contributed by atoms with Gasteiger partial charge in [-0.25, -0.2) is 71.9 Å². The molecule has 6 atom stereocenters. The fraction of sp³-hybridized carbons (Fsp3) is 0.200. The first-order valence-electron chi connectivity index (χ1n) is 32.8. The number of hydrogen-bond donors (Lipinski definition) is 0. The van der Waals surface area contributed by atoms with E-state index >= 15 is 28.8 Å². The molecule has 0 spiro atoms. The van der Waals surface area contributed by atoms with E-state index in [1.165, 1.54) is 103 Å². The van der Waals surface area contributed by atoms with Crippen molar-refractivity contribution in [1.82, 2.24) is 0 Å². The van der Waals surface area contributed by atoms with E-state index in [-0.39, 0.29) is 5.56 Å². The maximum Gasteiger partial charge on any atom is 0.339 e. The largest absolute Gasteiger partial charge is 0.465 e. The summed E-state index contributed by atoms with van der Waals surface area (Å²) >= 11 is 0. The number of ether oxygens (including phenoxy) is 15. The summed E-state index contributed by atoms with van der Waals surface area (Å²) in [6.07, 6.45) is -18.1. The minimum atomic E-state index is -3.20. The van der Waals surface area contributed by atoms with Crippen LogP contribution in [0.2, 0.25) is 0 Å². The van der Waals surface area contributed by atoms with Gasteiger partial charge in [-0.3, -0.25) is 4.79 Å². The van der Waals surface area contributed by atoms with Gasteiger partial charge in [-0.1, -0.05) is 103 Å². The van der Waals surface area contributed by atoms with E-state index in [1.54, 1.807) is 0 Å². The summed E-state index contributed by atoms with van der Waals surface area (Å²) in [6.45, 7) is -2.05. The topological polar surface area (TPSA) is 412 Å². The van der Waals surface area contributed by atoms with E-state index < -0.39 is 229 Å². The Morgan fingerprint density at radius 3 is 0.523 bits per heavy atom. The van der Waals surface area contributed by atoms with Gasteiger partial charge in [0.25, 0.3) is 0 Å². The van der Waals surface area contributed by atoms with Crippen LogP contribution in [-0.2, 0) is 71.1 Å². The van der Waals surface area contributed by atoms with Crippen LogP contribution in [0.4, 0.5) is 0 Å². The van der Waals surface area contributed by atoms with E-state index in [4.69, 9.17) is 71.1 Å². The zero-order valence-corrected chi connectivity index (χ0v) is 60.0. The van der Waals surface area contributed by atoms with Crippen LogP contribution in [0, 0.1) is 0 Å². The smallest absolute Gasteiger partial charge is 0.339 e. The highest BCUT2D eigenvalue weighted by Crippen LogP contribution is 2.33. The molecule has 0 aliphatic rings. The number of benzene rings is 8. The van der Waals surface area contributed by atoms with E-state index in [9.17, 15) is 47.9 Å². The average molecular weight is 1520 g/mol. The molecule has 0 N–H and O–H groups in total. The summed E-state index contributed by atoms with van der Waals surface area (Å²) in [4.78, 5) is 233. The van der Waals surface area contributed by atoms with Crippen LogP contribution >= 0.6 is 0 Å². The molecule has 0 aliphatic heterocycles. The molecule has 0 heterocycles. The normalized spacial score (nSPS) is 12.2. The molecule has 0 fully saturated rings. The molecule has 31 heteroatoms. The number of carbonyl (C=O) groups excluding carboxylic acids is 16. The van der Waals surface area contributed by atoms with Gasteiger partial charge >= 0.3 is 89.5 Å². The second-order valence-corrected chi connectivity index (χ2v) is 22.9. The van der Waals surface area contributed by atoms with Crippen molar-refractivity contribution in [2.75, 3.05) is 63.0 Å². The lowest BCUT2D eigenvalue weighted by Crippen LogP contribution is -2.60. The highest BCUT2D eigenvalue weighted by molar-refractivity contribution is 6.09. The minimum Gasteiger partial charge on any atom is -0.465 e. The summed E-state index contributed by atoms with van der Waals surface area (Å²) in [5, 5.41) is 0. The highest BCUT2D eigenvalue weighted by atomic mass is 16.7. The summed E-state index contributed by atoms with van der Waals surface area (Å²) in [6, 6.07) is 36.9. The van der Waals surface area contributed by atoms with Crippen LogP contribution in [0.15, 0.2) is 194 Å². The predicted octanol–water partition coefficient (Wildman–Crippen LogP) is 8.76. The third-order valence-electron chi connectivity index (χ3n) is 16.3. The zero-order valence-electron chi connectivity index (χ0n) is 60.0. The third kappa shape index (κ3) is 19.8. The molecule has 111 heavy (non-hydrogen) atoms. The predicted molar refractivity (Wildman–Crippen MR) is 377 cm³/mol. The third-order valence-corrected chi connectivity index (χ3v) is 16.3. The molecule has 0 aromatic heterocycles. The first-order valence-corrected chi connectivity index (χ1v) is 32.8. The van der Waals surface area contributed by atoms with Crippen LogP contribution < -0.4 is 0 Å². The summed E-state index contributed by atoms with van der Waals surface area (Å²) < 4.78 is 85.1. The highest BCUT2D eigenvalue weighted by Gasteiger charge is 2.54. The van der Waals surface area contributed by atoms with E-state index in [2.05, 4.69) is 0 Å². The van der Waals surface area contributed by atoms with Crippen LogP contribution in [0.25, 0.3) is 0 Å². The van der Waals surface area contributed by atoms with E-state index in [0.29, 0.717) is 0 Å². The molecule has 0 saturated heterocycles. The Morgan fingerprint density at radius 2 is 0.342 bits per heavy atom. The fourth-order valence-corrected chi connectivity index (χ4v) is 11.0. The maximum absolute atomic E-state index is 16.0. The van der Waals surface area contributed by atoms with Gasteiger partial charge in [0.1, 0.15) is 13.2 Å². The van der Waals surface area contributed by atoms with Crippen LogP contribution in [0.1, 0.15) is 173 Å². The van der Waals surface area contributed by atoms with Crippen LogP contribution in [-0.4, -0.2) is 195 Å². The van der Waals surface area contributed by atoms with Crippen LogP contribution in [0.5, 0.6) is 0 Å². The Bertz CT molecular complexity index is 4860. The average Bonchev–Trinajstić information content (AvgIpc) is 0.773. The second-order valence-electron chi connectivity index (χ2n) is 22.9. The maximum atomic E-state index is 16.0. The molecule has 6 unspecified atom stereocenters. The molecule has 0 aliphatic carbocycles. The molecule has 8 rings (SSSR count). The zero-order chi connectivity index (χ0) is 80.6. The summed E-state index contributed by atoms with van der Waals surface area (Å²) in [5.74, 6) is -22.6. The van der Waals surface area contributed by atoms with Crippen molar-refractivity contribution in [3.8, 4) is 0 Å². The van der Waals surface area contributed by atoms with Gasteiger partial charge in [-0.15, -0.1) is 0 Å². The first kappa shape index (κ1) is 82.1. The number of ketones is 1. The van der Waals surface area contributed by atoms with Crippen molar-refractivity contribution < 1.29 is 148 Å². The molecule has 0 amide bonds. The monoisotopic (exact) mass is 1520 g/mol. The number of esters is 15. The minimum absolute atomic E-state index is 0.275. The fourth-order valence-electron chi connectivity index (χ4n) is 11.0. The SMILES string of the molecule is COC(=O)c1ccccc1C(=O)OCC(OC(=O)c1ccccc1C(=O)OC)C(OC(=O)c1ccccc1C(=O)OC)C(OC(=O)c1ccccc1C(=O)OC)C(OC(=O)c1ccccc1C(=O)OC)C(OC(=O)c1ccccc1C(=O)OC)C(COC(=O)c1ccccc1C(C)=O)OC(=O)c1ccccc1C(=O)OC. The van der Waals surface area contributed by atoms with Gasteiger partial charge in [-0.2, -0.15) is 0 Å². The van der Waals surface area contributed by atoms with Gasteiger partial charge < -0.3 is 71.1 Å². The first-order chi connectivity index (χ1) is 53.4. The van der Waals surface area contributed by atoms with Crippen molar-refractivity contribution in [1.29, 1.82) is 0 Å². The summed E-state index contributed by atoms with van der Waals surface area (Å²) in [7, 11) is 6.51. The van der Waals surface area contributed by atoms with Crippen molar-refractivity contribution in [3.05, 3.63) is 283 Å². The molecule has 8 aromatic rings. The van der Waals surface area contributed by atoms with Gasteiger partial charge in [0.15, 0.2) is 42.4 Å². The Kier molecular flexibility index (Phi) is 28.6. The van der Waals surface area contributed by atoms with Crippen molar-refractivity contribution >= 4 is 95.3 Å². The number of methoxy groups -OCH3 is 7. The number of rotatable bonds is 31. The quantitative estimate of drug-likeness (QED) is 0.0222. The molecule has 8 aromatic carbocycles. The van der Waals surface area contributed by atoms with Crippen molar-refractivity contribution in [2.45, 2.75) is 43.5 Å². The number of Topliss-reactive ketones (excluding diaryl/α,β-unsaturated/α-hetero) is 1. The lowest BCUT2D eigenvalue weighted by molar-refractivity contribution is -0.169. The van der Waals surface area contributed by atoms with Crippen molar-refractivity contribution in [3.63, 3.8) is 0 Å². The van der Waals surface area contributed by atoms with Gasteiger partial charge in [0.05, 0.1) is 133 Å². The Morgan fingerprint density at radius 1 is 0.198 bits per heavy atom. The van der Waals surface area contributed by atoms with Gasteiger partial charge in [0.2, 0.25) is 0 Å². The van der Waals surface area contributed by atoms with Gasteiger partial charge in [-0.05, 0) is 97.9 Å². The second kappa shape index (κ2) is 38.7. The van der Waals surface area contributed by atoms with E-state index in [0.717, 1.165) is 148 Å². The van der Waals surface area contributed by atoms with E-state index in [1.807, 2.05) is 0 Å². The molecular formula is C80H66O31. The van der Waals surface area contributed by atoms with Crippen molar-refractivity contribution in [2.24, 2.45) is 0 Å². The number of hydrogen-bond acceptors (Lipinski definition) is 31. The molecular weight excluding hydrogens is 1460 g/mol. The number of carbonyl (C=O) groups is 16. The standard InChI is InChI=1S/C80H66O31/c1-43(81)44-25-9-10-26-45(44)73(89)104-41-60(106-75(91)54-35-19-12-28-47(54)67(83)98-3)62(108-77(93)56-37-21-14-30-49(56)69(85)100-5)64(110-79(95)58-39-23-16-32-51(58)71(87)102-7)65(111-80(96)59-40-24-17-33-52(59)72(88)103-8)63(109-78(94)57-38-22-15-31-50(57)70(86)101-6)61(107-76(92)55-36-20-13-29-48(55)68(84)99-4)42-105-74(90)53-34-18-11-27-46(53)66(82)97-2/h9-40,60-65H,41-42H2,1-8H3. The molecule has 0 saturated carbocycles. The molecule has 0 radical (unpaired) electrons. The molecule has 31 nitrogen and oxygen atoms in total. The molecule has 0 bridgehead atoms. The lowest BCUT2D eigenvalue weighted by Gasteiger charge is -2.40. The molecule has 572 valence electrons. The Labute approximate surface area is 630 Å².